The van der Waals surface area contributed by atoms with Gasteiger partial charge in [-0.25, -0.2) is 14.4 Å². The van der Waals surface area contributed by atoms with Crippen LogP contribution in [0.4, 0.5) is 0 Å². The summed E-state index contributed by atoms with van der Waals surface area (Å²) in [4.78, 5) is 33.3. The summed E-state index contributed by atoms with van der Waals surface area (Å²) < 4.78 is 0. The minimum atomic E-state index is -1.37. The van der Waals surface area contributed by atoms with Crippen molar-refractivity contribution in [2.24, 2.45) is 0 Å². The van der Waals surface area contributed by atoms with Crippen molar-refractivity contribution in [1.29, 1.82) is 0 Å². The normalized spacial score (nSPS) is 10.2. The molecule has 0 saturated heterocycles. The van der Waals surface area contributed by atoms with Gasteiger partial charge in [-0.2, -0.15) is 0 Å². The highest BCUT2D eigenvalue weighted by Gasteiger charge is 2.21. The van der Waals surface area contributed by atoms with Crippen LogP contribution in [0.1, 0.15) is 62.8 Å². The van der Waals surface area contributed by atoms with Gasteiger partial charge in [0, 0.05) is 0 Å². The molecule has 0 saturated carbocycles. The molecule has 0 aliphatic heterocycles. The van der Waals surface area contributed by atoms with Crippen LogP contribution < -0.4 is 0 Å². The van der Waals surface area contributed by atoms with E-state index >= 15 is 0 Å². The Hall–Kier alpha value is -2.37. The van der Waals surface area contributed by atoms with Gasteiger partial charge in [0.05, 0.1) is 16.7 Å². The molecule has 0 heterocycles. The molecule has 1 aromatic carbocycles. The predicted molar refractivity (Wildman–Crippen MR) is 70.2 cm³/mol. The Morgan fingerprint density at radius 2 is 1.50 bits per heavy atom. The highest BCUT2D eigenvalue weighted by molar-refractivity contribution is 6.01. The maximum absolute atomic E-state index is 11.2. The Morgan fingerprint density at radius 1 is 1.00 bits per heavy atom. The second-order valence-electron chi connectivity index (χ2n) is 4.25. The van der Waals surface area contributed by atoms with E-state index in [4.69, 9.17) is 15.3 Å². The van der Waals surface area contributed by atoms with E-state index in [0.29, 0.717) is 6.42 Å². The number of hydrogen-bond donors (Lipinski definition) is 3. The molecule has 0 amide bonds. The number of carboxylic acids is 3. The molecule has 0 aromatic heterocycles. The third-order valence-electron chi connectivity index (χ3n) is 2.79. The average molecular weight is 279 g/mol. The summed E-state index contributed by atoms with van der Waals surface area (Å²) in [6.45, 7) is 1.96. The number of aromatic carboxylic acids is 3. The molecule has 0 aliphatic rings. The first-order chi connectivity index (χ1) is 9.38. The lowest BCUT2D eigenvalue weighted by molar-refractivity contribution is 0.0695. The molecule has 6 nitrogen and oxygen atoms in total. The number of hydrogen-bond acceptors (Lipinski definition) is 3. The van der Waals surface area contributed by atoms with Crippen LogP contribution in [-0.4, -0.2) is 33.2 Å². The molecule has 107 valence electrons. The third-order valence-corrected chi connectivity index (χ3v) is 2.79. The van der Waals surface area contributed by atoms with Gasteiger partial charge < -0.3 is 15.3 Å². The van der Waals surface area contributed by atoms with E-state index in [0.717, 1.165) is 25.0 Å². The SMILES string of the molecule is CCCC[CH]c1c(C(=O)O)cc(C(=O)O)cc1C(=O)O. The standard InChI is InChI=1S/C14H15O6/c1-2-3-4-5-9-10(13(17)18)6-8(12(15)16)7-11(9)14(19)20/h5-7H,2-4H2,1H3,(H,15,16)(H,17,18)(H,19,20). The summed E-state index contributed by atoms with van der Waals surface area (Å²) in [6, 6.07) is 1.96. The number of benzene rings is 1. The summed E-state index contributed by atoms with van der Waals surface area (Å²) in [5.74, 6) is -4.06. The maximum atomic E-state index is 11.2. The van der Waals surface area contributed by atoms with Crippen molar-refractivity contribution in [2.75, 3.05) is 0 Å². The van der Waals surface area contributed by atoms with Crippen LogP contribution in [0.2, 0.25) is 0 Å². The minimum absolute atomic E-state index is 0.0588. The topological polar surface area (TPSA) is 112 Å². The maximum Gasteiger partial charge on any atom is 0.336 e. The number of carbonyl (C=O) groups is 3. The van der Waals surface area contributed by atoms with Crippen LogP contribution in [0.3, 0.4) is 0 Å². The van der Waals surface area contributed by atoms with Crippen LogP contribution in [0, 0.1) is 6.42 Å². The van der Waals surface area contributed by atoms with Crippen LogP contribution in [0.15, 0.2) is 12.1 Å². The van der Waals surface area contributed by atoms with Gasteiger partial charge in [0.2, 0.25) is 0 Å². The van der Waals surface area contributed by atoms with Crippen molar-refractivity contribution in [3.63, 3.8) is 0 Å². The number of carboxylic acid groups (broad SMARTS) is 3. The van der Waals surface area contributed by atoms with E-state index in [1.165, 1.54) is 6.42 Å². The molecule has 1 radical (unpaired) electrons. The highest BCUT2D eigenvalue weighted by Crippen LogP contribution is 2.22. The average Bonchev–Trinajstić information content (AvgIpc) is 2.37. The lowest BCUT2D eigenvalue weighted by Gasteiger charge is -2.11. The van der Waals surface area contributed by atoms with Crippen molar-refractivity contribution < 1.29 is 29.7 Å². The van der Waals surface area contributed by atoms with Crippen molar-refractivity contribution in [2.45, 2.75) is 26.2 Å². The first-order valence-corrected chi connectivity index (χ1v) is 6.09. The van der Waals surface area contributed by atoms with Gasteiger partial charge in [0.25, 0.3) is 0 Å². The zero-order valence-corrected chi connectivity index (χ0v) is 10.9. The van der Waals surface area contributed by atoms with Crippen LogP contribution >= 0.6 is 0 Å². The van der Waals surface area contributed by atoms with Gasteiger partial charge in [0.15, 0.2) is 0 Å². The molecule has 0 aliphatic carbocycles. The summed E-state index contributed by atoms with van der Waals surface area (Å²) in [5, 5.41) is 27.2. The van der Waals surface area contributed by atoms with E-state index in [2.05, 4.69) is 0 Å². The van der Waals surface area contributed by atoms with Crippen molar-refractivity contribution in [1.82, 2.24) is 0 Å². The van der Waals surface area contributed by atoms with Gasteiger partial charge in [-0.15, -0.1) is 0 Å². The van der Waals surface area contributed by atoms with E-state index in [-0.39, 0.29) is 22.3 Å². The largest absolute Gasteiger partial charge is 0.478 e. The lowest BCUT2D eigenvalue weighted by Crippen LogP contribution is -2.12. The quantitative estimate of drug-likeness (QED) is 0.661. The molecule has 0 fully saturated rings. The first kappa shape index (κ1) is 15.7. The molecule has 1 aromatic rings. The van der Waals surface area contributed by atoms with Crippen LogP contribution in [-0.2, 0) is 0 Å². The van der Waals surface area contributed by atoms with Crippen LogP contribution in [0.25, 0.3) is 0 Å². The molecule has 1 rings (SSSR count). The zero-order valence-electron chi connectivity index (χ0n) is 10.9. The number of rotatable bonds is 7. The molecule has 6 heteroatoms. The lowest BCUT2D eigenvalue weighted by atomic mass is 9.93. The molecular weight excluding hydrogens is 264 g/mol. The van der Waals surface area contributed by atoms with E-state index in [9.17, 15) is 14.4 Å². The van der Waals surface area contributed by atoms with E-state index < -0.39 is 17.9 Å². The highest BCUT2D eigenvalue weighted by atomic mass is 16.4. The molecule has 0 atom stereocenters. The Bertz CT molecular complexity index is 512. The fourth-order valence-electron chi connectivity index (χ4n) is 1.80. The van der Waals surface area contributed by atoms with E-state index in [1.54, 1.807) is 0 Å². The van der Waals surface area contributed by atoms with Crippen LogP contribution in [0.5, 0.6) is 0 Å². The van der Waals surface area contributed by atoms with Gasteiger partial charge in [-0.05, 0) is 30.5 Å². The Morgan fingerprint density at radius 3 is 1.85 bits per heavy atom. The predicted octanol–water partition coefficient (Wildman–Crippen LogP) is 2.52. The van der Waals surface area contributed by atoms with Gasteiger partial charge in [-0.1, -0.05) is 19.8 Å². The molecular formula is C14H15O6. The smallest absolute Gasteiger partial charge is 0.336 e. The molecule has 0 unspecified atom stereocenters. The third kappa shape index (κ3) is 3.57. The second kappa shape index (κ2) is 6.70. The zero-order chi connectivity index (χ0) is 15.3. The minimum Gasteiger partial charge on any atom is -0.478 e. The molecule has 3 N–H and O–H groups in total. The monoisotopic (exact) mass is 279 g/mol. The number of unbranched alkanes of at least 4 members (excludes halogenated alkanes) is 2. The second-order valence-corrected chi connectivity index (χ2v) is 4.25. The van der Waals surface area contributed by atoms with Crippen molar-refractivity contribution >= 4 is 17.9 Å². The molecule has 0 bridgehead atoms. The summed E-state index contributed by atoms with van der Waals surface area (Å²) in [7, 11) is 0. The Balaban J connectivity index is 3.39. The first-order valence-electron chi connectivity index (χ1n) is 6.09. The molecule has 20 heavy (non-hydrogen) atoms. The van der Waals surface area contributed by atoms with Crippen molar-refractivity contribution in [3.8, 4) is 0 Å². The Kier molecular flexibility index (Phi) is 5.25. The molecule has 0 spiro atoms. The van der Waals surface area contributed by atoms with E-state index in [1.807, 2.05) is 6.92 Å². The van der Waals surface area contributed by atoms with Gasteiger partial charge in [0.1, 0.15) is 0 Å². The van der Waals surface area contributed by atoms with Gasteiger partial charge in [-0.3, -0.25) is 0 Å². The summed E-state index contributed by atoms with van der Waals surface area (Å²) in [6.07, 6.45) is 3.73. The van der Waals surface area contributed by atoms with Crippen molar-refractivity contribution in [3.05, 3.63) is 40.8 Å². The fourth-order valence-corrected chi connectivity index (χ4v) is 1.80. The fraction of sp³-hybridized carbons (Fsp3) is 0.286. The summed E-state index contributed by atoms with van der Waals surface area (Å²) >= 11 is 0. The summed E-state index contributed by atoms with van der Waals surface area (Å²) in [5.41, 5.74) is -0.910. The van der Waals surface area contributed by atoms with Gasteiger partial charge >= 0.3 is 17.9 Å². The Labute approximate surface area is 115 Å².